The van der Waals surface area contributed by atoms with Gasteiger partial charge >= 0.3 is 0 Å². The molecule has 1 nitrogen and oxygen atoms in total. The number of rotatable bonds is 2. The van der Waals surface area contributed by atoms with Gasteiger partial charge in [-0.2, -0.15) is 0 Å². The van der Waals surface area contributed by atoms with Gasteiger partial charge in [0.15, 0.2) is 0 Å². The lowest BCUT2D eigenvalue weighted by molar-refractivity contribution is 0.626. The van der Waals surface area contributed by atoms with E-state index >= 15 is 0 Å². The predicted molar refractivity (Wildman–Crippen MR) is 81.4 cm³/mol. The van der Waals surface area contributed by atoms with E-state index in [1.165, 1.54) is 12.1 Å². The van der Waals surface area contributed by atoms with E-state index in [9.17, 15) is 4.39 Å². The molecule has 0 bridgehead atoms. The van der Waals surface area contributed by atoms with Crippen LogP contribution >= 0.6 is 11.6 Å². The summed E-state index contributed by atoms with van der Waals surface area (Å²) in [4.78, 5) is 0. The molecule has 0 aliphatic rings. The van der Waals surface area contributed by atoms with E-state index in [-0.39, 0.29) is 11.9 Å². The van der Waals surface area contributed by atoms with Gasteiger partial charge in [0.05, 0.1) is 6.04 Å². The van der Waals surface area contributed by atoms with Crippen LogP contribution in [-0.4, -0.2) is 0 Å². The van der Waals surface area contributed by atoms with E-state index in [2.05, 4.69) is 0 Å². The predicted octanol–water partition coefficient (Wildman–Crippen LogP) is 4.68. The zero-order chi connectivity index (χ0) is 14.1. The van der Waals surface area contributed by atoms with Crippen LogP contribution in [0.5, 0.6) is 0 Å². The number of hydrogen-bond donors (Lipinski definition) is 1. The molecule has 3 rings (SSSR count). The number of hydrogen-bond acceptors (Lipinski definition) is 1. The number of nitrogens with two attached hydrogens (primary N) is 1. The number of benzene rings is 3. The van der Waals surface area contributed by atoms with E-state index in [0.717, 1.165) is 21.9 Å². The Morgan fingerprint density at radius 3 is 2.20 bits per heavy atom. The van der Waals surface area contributed by atoms with Crippen LogP contribution in [-0.2, 0) is 0 Å². The van der Waals surface area contributed by atoms with Gasteiger partial charge in [-0.15, -0.1) is 0 Å². The van der Waals surface area contributed by atoms with Crippen LogP contribution < -0.4 is 5.73 Å². The summed E-state index contributed by atoms with van der Waals surface area (Å²) in [5.74, 6) is -0.262. The summed E-state index contributed by atoms with van der Waals surface area (Å²) in [7, 11) is 0. The molecule has 3 aromatic rings. The molecule has 1 atom stereocenters. The zero-order valence-corrected chi connectivity index (χ0v) is 11.4. The molecule has 0 aliphatic carbocycles. The molecule has 3 heteroatoms. The summed E-state index contributed by atoms with van der Waals surface area (Å²) in [5.41, 5.74) is 8.17. The molecule has 20 heavy (non-hydrogen) atoms. The van der Waals surface area contributed by atoms with Gasteiger partial charge in [0, 0.05) is 10.4 Å². The van der Waals surface area contributed by atoms with Crippen molar-refractivity contribution in [2.24, 2.45) is 5.73 Å². The topological polar surface area (TPSA) is 26.0 Å². The van der Waals surface area contributed by atoms with Crippen LogP contribution in [0.4, 0.5) is 4.39 Å². The third-order valence-electron chi connectivity index (χ3n) is 3.47. The Hall–Kier alpha value is -1.90. The fourth-order valence-electron chi connectivity index (χ4n) is 2.41. The van der Waals surface area contributed by atoms with E-state index in [4.69, 9.17) is 17.3 Å². The normalized spacial score (nSPS) is 12.6. The van der Waals surface area contributed by atoms with Crippen LogP contribution in [0.15, 0.2) is 60.7 Å². The highest BCUT2D eigenvalue weighted by molar-refractivity contribution is 6.35. The molecule has 3 aromatic carbocycles. The second-order valence-electron chi connectivity index (χ2n) is 4.71. The molecule has 1 unspecified atom stereocenters. The number of fused-ring (bicyclic) bond motifs is 1. The van der Waals surface area contributed by atoms with Gasteiger partial charge in [-0.05, 0) is 34.7 Å². The van der Waals surface area contributed by atoms with Gasteiger partial charge in [-0.3, -0.25) is 0 Å². The molecule has 0 amide bonds. The van der Waals surface area contributed by atoms with Crippen LogP contribution in [0.1, 0.15) is 17.2 Å². The molecule has 2 N–H and O–H groups in total. The molecule has 0 radical (unpaired) electrons. The van der Waals surface area contributed by atoms with Gasteiger partial charge in [0.25, 0.3) is 0 Å². The van der Waals surface area contributed by atoms with Crippen molar-refractivity contribution in [3.8, 4) is 0 Å². The zero-order valence-electron chi connectivity index (χ0n) is 10.7. The van der Waals surface area contributed by atoms with Crippen LogP contribution in [0.3, 0.4) is 0 Å². The third-order valence-corrected chi connectivity index (χ3v) is 3.80. The third kappa shape index (κ3) is 2.28. The highest BCUT2D eigenvalue weighted by Crippen LogP contribution is 2.31. The summed E-state index contributed by atoms with van der Waals surface area (Å²) >= 11 is 6.21. The van der Waals surface area contributed by atoms with Crippen molar-refractivity contribution >= 4 is 22.4 Å². The first-order valence-electron chi connectivity index (χ1n) is 6.35. The van der Waals surface area contributed by atoms with Crippen molar-refractivity contribution in [3.05, 3.63) is 82.6 Å². The van der Waals surface area contributed by atoms with Gasteiger partial charge in [0.2, 0.25) is 0 Å². The first kappa shape index (κ1) is 13.1. The Morgan fingerprint density at radius 2 is 1.50 bits per heavy atom. The van der Waals surface area contributed by atoms with E-state index in [1.54, 1.807) is 12.1 Å². The largest absolute Gasteiger partial charge is 0.320 e. The minimum atomic E-state index is -0.308. The number of halogens is 2. The van der Waals surface area contributed by atoms with Crippen LogP contribution in [0.2, 0.25) is 5.02 Å². The van der Waals surface area contributed by atoms with E-state index in [0.29, 0.717) is 5.02 Å². The van der Waals surface area contributed by atoms with Gasteiger partial charge < -0.3 is 5.73 Å². The molecule has 0 saturated heterocycles. The first-order valence-corrected chi connectivity index (χ1v) is 6.73. The summed E-state index contributed by atoms with van der Waals surface area (Å²) in [6.07, 6.45) is 0. The highest BCUT2D eigenvalue weighted by Gasteiger charge is 2.13. The van der Waals surface area contributed by atoms with E-state index in [1.807, 2.05) is 36.4 Å². The second-order valence-corrected chi connectivity index (χ2v) is 5.12. The van der Waals surface area contributed by atoms with Crippen molar-refractivity contribution in [2.75, 3.05) is 0 Å². The average Bonchev–Trinajstić information content (AvgIpc) is 2.48. The standard InChI is InChI=1S/C17H13ClFN/c18-16-10-9-15(13-3-1-2-4-14(13)16)17(20)11-5-7-12(19)8-6-11/h1-10,17H,20H2. The van der Waals surface area contributed by atoms with Crippen LogP contribution in [0.25, 0.3) is 10.8 Å². The Kier molecular flexibility index (Phi) is 3.43. The van der Waals surface area contributed by atoms with Crippen molar-refractivity contribution in [2.45, 2.75) is 6.04 Å². The van der Waals surface area contributed by atoms with Gasteiger partial charge in [-0.1, -0.05) is 54.1 Å². The van der Waals surface area contributed by atoms with Crippen LogP contribution in [0, 0.1) is 5.82 Å². The summed E-state index contributed by atoms with van der Waals surface area (Å²) in [5, 5.41) is 2.71. The van der Waals surface area contributed by atoms with Gasteiger partial charge in [-0.25, -0.2) is 4.39 Å². The quantitative estimate of drug-likeness (QED) is 0.727. The van der Waals surface area contributed by atoms with Crippen molar-refractivity contribution in [1.29, 1.82) is 0 Å². The van der Waals surface area contributed by atoms with Gasteiger partial charge in [0.1, 0.15) is 5.82 Å². The monoisotopic (exact) mass is 285 g/mol. The lowest BCUT2D eigenvalue weighted by Gasteiger charge is -2.16. The Labute approximate surface area is 121 Å². The maximum atomic E-state index is 13.0. The molecule has 0 aromatic heterocycles. The Balaban J connectivity index is 2.14. The minimum absolute atomic E-state index is 0.262. The Bertz CT molecular complexity index is 753. The van der Waals surface area contributed by atoms with Crippen molar-refractivity contribution < 1.29 is 4.39 Å². The molecule has 100 valence electrons. The first-order chi connectivity index (χ1) is 9.66. The molecular weight excluding hydrogens is 273 g/mol. The minimum Gasteiger partial charge on any atom is -0.320 e. The maximum Gasteiger partial charge on any atom is 0.123 e. The lowest BCUT2D eigenvalue weighted by atomic mass is 9.94. The van der Waals surface area contributed by atoms with Crippen molar-refractivity contribution in [3.63, 3.8) is 0 Å². The summed E-state index contributed by atoms with van der Waals surface area (Å²) in [6, 6.07) is 17.6. The SMILES string of the molecule is NC(c1ccc(F)cc1)c1ccc(Cl)c2ccccc12. The summed E-state index contributed by atoms with van der Waals surface area (Å²) < 4.78 is 13.0. The molecular formula is C17H13ClFN. The average molecular weight is 286 g/mol. The Morgan fingerprint density at radius 1 is 0.850 bits per heavy atom. The van der Waals surface area contributed by atoms with E-state index < -0.39 is 0 Å². The smallest absolute Gasteiger partial charge is 0.123 e. The molecule has 0 fully saturated rings. The highest BCUT2D eigenvalue weighted by atomic mass is 35.5. The molecule has 0 spiro atoms. The molecule has 0 heterocycles. The lowest BCUT2D eigenvalue weighted by Crippen LogP contribution is -2.12. The fraction of sp³-hybridized carbons (Fsp3) is 0.0588. The summed E-state index contributed by atoms with van der Waals surface area (Å²) in [6.45, 7) is 0. The second kappa shape index (κ2) is 5.23. The van der Waals surface area contributed by atoms with Crippen molar-refractivity contribution in [1.82, 2.24) is 0 Å². The molecule has 0 saturated carbocycles. The maximum absolute atomic E-state index is 13.0. The molecule has 0 aliphatic heterocycles. The fourth-order valence-corrected chi connectivity index (χ4v) is 2.63.